The monoisotopic (exact) mass is 364 g/mol. The molecule has 9 heteroatoms. The van der Waals surface area contributed by atoms with E-state index < -0.39 is 14.9 Å². The van der Waals surface area contributed by atoms with Gasteiger partial charge in [0.1, 0.15) is 0 Å². The van der Waals surface area contributed by atoms with Crippen LogP contribution in [0.2, 0.25) is 0 Å². The van der Waals surface area contributed by atoms with Crippen molar-refractivity contribution in [3.05, 3.63) is 52.6 Å². The van der Waals surface area contributed by atoms with E-state index in [2.05, 4.69) is 4.98 Å². The molecule has 3 rings (SSSR count). The zero-order chi connectivity index (χ0) is 18.0. The summed E-state index contributed by atoms with van der Waals surface area (Å²) >= 11 is 0. The van der Waals surface area contributed by atoms with Gasteiger partial charge in [0.25, 0.3) is 5.69 Å². The van der Waals surface area contributed by atoms with E-state index in [4.69, 9.17) is 0 Å². The van der Waals surface area contributed by atoms with Crippen molar-refractivity contribution in [1.82, 2.24) is 13.9 Å². The zero-order valence-corrected chi connectivity index (χ0v) is 14.7. The molecule has 1 aliphatic heterocycles. The van der Waals surface area contributed by atoms with E-state index in [1.807, 2.05) is 10.8 Å². The van der Waals surface area contributed by atoms with E-state index in [1.165, 1.54) is 16.4 Å². The SMILES string of the molecule is Cc1ccc([N+](=O)[O-])cc1S(=O)(=O)N1CCC(Cn2ccnc2)CC1. The molecule has 0 spiro atoms. The maximum absolute atomic E-state index is 12.9. The number of rotatable bonds is 5. The Balaban J connectivity index is 1.74. The van der Waals surface area contributed by atoms with Gasteiger partial charge in [-0.1, -0.05) is 6.07 Å². The van der Waals surface area contributed by atoms with Gasteiger partial charge < -0.3 is 4.57 Å². The molecule has 2 heterocycles. The molecule has 0 unspecified atom stereocenters. The Morgan fingerprint density at radius 3 is 2.64 bits per heavy atom. The summed E-state index contributed by atoms with van der Waals surface area (Å²) < 4.78 is 29.2. The van der Waals surface area contributed by atoms with E-state index in [0.29, 0.717) is 24.6 Å². The number of hydrogen-bond acceptors (Lipinski definition) is 5. The van der Waals surface area contributed by atoms with Gasteiger partial charge in [0.2, 0.25) is 10.0 Å². The summed E-state index contributed by atoms with van der Waals surface area (Å²) in [6.45, 7) is 3.32. The number of nitro benzene ring substituents is 1. The number of hydrogen-bond donors (Lipinski definition) is 0. The minimum absolute atomic E-state index is 0.0229. The lowest BCUT2D eigenvalue weighted by Crippen LogP contribution is -2.39. The summed E-state index contributed by atoms with van der Waals surface area (Å²) in [6, 6.07) is 3.96. The first-order chi connectivity index (χ1) is 11.9. The third-order valence-corrected chi connectivity index (χ3v) is 6.64. The van der Waals surface area contributed by atoms with Crippen molar-refractivity contribution in [3.63, 3.8) is 0 Å². The maximum Gasteiger partial charge on any atom is 0.270 e. The number of sulfonamides is 1. The maximum atomic E-state index is 12.9. The first-order valence-corrected chi connectivity index (χ1v) is 9.53. The Labute approximate surface area is 146 Å². The lowest BCUT2D eigenvalue weighted by Gasteiger charge is -2.31. The Morgan fingerprint density at radius 1 is 1.32 bits per heavy atom. The third kappa shape index (κ3) is 3.72. The number of imidazole rings is 1. The highest BCUT2D eigenvalue weighted by atomic mass is 32.2. The summed E-state index contributed by atoms with van der Waals surface area (Å²) in [5.74, 6) is 0.395. The highest BCUT2D eigenvalue weighted by Crippen LogP contribution is 2.28. The van der Waals surface area contributed by atoms with Gasteiger partial charge in [-0.25, -0.2) is 13.4 Å². The molecule has 134 valence electrons. The van der Waals surface area contributed by atoms with Crippen LogP contribution in [0.25, 0.3) is 0 Å². The Morgan fingerprint density at radius 2 is 2.04 bits per heavy atom. The van der Waals surface area contributed by atoms with Crippen LogP contribution in [-0.4, -0.2) is 40.3 Å². The largest absolute Gasteiger partial charge is 0.337 e. The van der Waals surface area contributed by atoms with Crippen LogP contribution in [0.1, 0.15) is 18.4 Å². The van der Waals surface area contributed by atoms with Crippen molar-refractivity contribution in [2.24, 2.45) is 5.92 Å². The molecule has 25 heavy (non-hydrogen) atoms. The molecular formula is C16H20N4O4S. The van der Waals surface area contributed by atoms with Crippen LogP contribution in [0, 0.1) is 23.0 Å². The van der Waals surface area contributed by atoms with E-state index in [-0.39, 0.29) is 10.6 Å². The van der Waals surface area contributed by atoms with Crippen LogP contribution in [0.4, 0.5) is 5.69 Å². The van der Waals surface area contributed by atoms with E-state index in [9.17, 15) is 18.5 Å². The number of piperidine rings is 1. The number of nitro groups is 1. The second kappa shape index (κ2) is 6.93. The van der Waals surface area contributed by atoms with Crippen molar-refractivity contribution in [2.75, 3.05) is 13.1 Å². The van der Waals surface area contributed by atoms with Crippen LogP contribution < -0.4 is 0 Å². The molecule has 0 N–H and O–H groups in total. The van der Waals surface area contributed by atoms with Gasteiger partial charge >= 0.3 is 0 Å². The van der Waals surface area contributed by atoms with E-state index >= 15 is 0 Å². The number of benzene rings is 1. The second-order valence-electron chi connectivity index (χ2n) is 6.31. The molecule has 2 aromatic rings. The molecule has 8 nitrogen and oxygen atoms in total. The van der Waals surface area contributed by atoms with Gasteiger partial charge in [0.15, 0.2) is 0 Å². The molecule has 1 aromatic heterocycles. The Hall–Kier alpha value is -2.26. The van der Waals surface area contributed by atoms with Gasteiger partial charge in [-0.2, -0.15) is 4.31 Å². The lowest BCUT2D eigenvalue weighted by atomic mass is 9.98. The van der Waals surface area contributed by atoms with Gasteiger partial charge in [-0.3, -0.25) is 10.1 Å². The highest BCUT2D eigenvalue weighted by Gasteiger charge is 2.31. The molecule has 0 bridgehead atoms. The average Bonchev–Trinajstić information content (AvgIpc) is 3.08. The minimum Gasteiger partial charge on any atom is -0.337 e. The van der Waals surface area contributed by atoms with Crippen molar-refractivity contribution < 1.29 is 13.3 Å². The van der Waals surface area contributed by atoms with Gasteiger partial charge in [0.05, 0.1) is 16.1 Å². The summed E-state index contributed by atoms with van der Waals surface area (Å²) in [7, 11) is -3.72. The van der Waals surface area contributed by atoms with Crippen LogP contribution in [0.15, 0.2) is 41.8 Å². The highest BCUT2D eigenvalue weighted by molar-refractivity contribution is 7.89. The average molecular weight is 364 g/mol. The molecule has 1 fully saturated rings. The van der Waals surface area contributed by atoms with E-state index in [0.717, 1.165) is 25.5 Å². The third-order valence-electron chi connectivity index (χ3n) is 4.60. The van der Waals surface area contributed by atoms with Crippen molar-refractivity contribution in [3.8, 4) is 0 Å². The zero-order valence-electron chi connectivity index (χ0n) is 13.9. The first-order valence-electron chi connectivity index (χ1n) is 8.09. The van der Waals surface area contributed by atoms with Crippen LogP contribution in [0.3, 0.4) is 0 Å². The fraction of sp³-hybridized carbons (Fsp3) is 0.438. The van der Waals surface area contributed by atoms with Crippen molar-refractivity contribution >= 4 is 15.7 Å². The normalized spacial score (nSPS) is 16.8. The predicted octanol–water partition coefficient (Wildman–Crippen LogP) is 2.20. The molecular weight excluding hydrogens is 344 g/mol. The fourth-order valence-corrected chi connectivity index (χ4v) is 4.86. The smallest absolute Gasteiger partial charge is 0.270 e. The summed E-state index contributed by atoms with van der Waals surface area (Å²) in [6.07, 6.45) is 6.90. The summed E-state index contributed by atoms with van der Waals surface area (Å²) in [5.41, 5.74) is 0.310. The van der Waals surface area contributed by atoms with E-state index in [1.54, 1.807) is 19.4 Å². The standard InChI is InChI=1S/C16H20N4O4S/c1-13-2-3-15(20(21)22)10-16(13)25(23,24)19-7-4-14(5-8-19)11-18-9-6-17-12-18/h2-3,6,9-10,12,14H,4-5,7-8,11H2,1H3. The van der Waals surface area contributed by atoms with Crippen LogP contribution in [0.5, 0.6) is 0 Å². The molecule has 1 aliphatic rings. The quantitative estimate of drug-likeness (QED) is 0.598. The predicted molar refractivity (Wildman–Crippen MR) is 91.5 cm³/mol. The number of nitrogens with zero attached hydrogens (tertiary/aromatic N) is 4. The Bertz CT molecular complexity index is 856. The Kier molecular flexibility index (Phi) is 4.87. The molecule has 0 radical (unpaired) electrons. The van der Waals surface area contributed by atoms with Crippen LogP contribution >= 0.6 is 0 Å². The first kappa shape index (κ1) is 17.6. The number of non-ortho nitro benzene ring substituents is 1. The molecule has 0 atom stereocenters. The van der Waals surface area contributed by atoms with Gasteiger partial charge in [0, 0.05) is 44.2 Å². The van der Waals surface area contributed by atoms with Crippen LogP contribution in [-0.2, 0) is 16.6 Å². The molecule has 0 amide bonds. The van der Waals surface area contributed by atoms with Gasteiger partial charge in [-0.05, 0) is 31.2 Å². The van der Waals surface area contributed by atoms with Crippen molar-refractivity contribution in [1.29, 1.82) is 0 Å². The second-order valence-corrected chi connectivity index (χ2v) is 8.22. The summed E-state index contributed by atoms with van der Waals surface area (Å²) in [4.78, 5) is 14.4. The fourth-order valence-electron chi connectivity index (χ4n) is 3.14. The topological polar surface area (TPSA) is 98.3 Å². The minimum atomic E-state index is -3.72. The summed E-state index contributed by atoms with van der Waals surface area (Å²) in [5, 5.41) is 11.0. The lowest BCUT2D eigenvalue weighted by molar-refractivity contribution is -0.385. The number of aromatic nitrogens is 2. The number of aryl methyl sites for hydroxylation is 1. The molecule has 1 saturated heterocycles. The van der Waals surface area contributed by atoms with Crippen molar-refractivity contribution in [2.45, 2.75) is 31.2 Å². The molecule has 0 saturated carbocycles. The molecule has 1 aromatic carbocycles. The van der Waals surface area contributed by atoms with Gasteiger partial charge in [-0.15, -0.1) is 0 Å². The molecule has 0 aliphatic carbocycles.